The Hall–Kier alpha value is -3.25. The van der Waals surface area contributed by atoms with Crippen molar-refractivity contribution in [1.82, 2.24) is 15.2 Å². The zero-order valence-corrected chi connectivity index (χ0v) is 18.2. The number of methoxy groups -OCH3 is 1. The molecule has 0 spiro atoms. The van der Waals surface area contributed by atoms with Gasteiger partial charge in [-0.15, -0.1) is 0 Å². The third kappa shape index (κ3) is 5.32. The number of benzene rings is 2. The highest BCUT2D eigenvalue weighted by atomic mass is 19.1. The van der Waals surface area contributed by atoms with E-state index in [0.29, 0.717) is 5.56 Å². The first-order chi connectivity index (χ1) is 15.6. The summed E-state index contributed by atoms with van der Waals surface area (Å²) in [6.45, 7) is 2.67. The molecule has 0 unspecified atom stereocenters. The molecule has 0 bridgehead atoms. The van der Waals surface area contributed by atoms with Gasteiger partial charge in [-0.1, -0.05) is 30.3 Å². The van der Waals surface area contributed by atoms with Crippen LogP contribution in [0.3, 0.4) is 0 Å². The SMILES string of the molecule is COc1ccccc1CN1CCC([C@@H](NC(=O)c2cccc(F)c2)c2ccccn2)CC1. The lowest BCUT2D eigenvalue weighted by molar-refractivity contribution is 0.0887. The average molecular weight is 434 g/mol. The number of ether oxygens (including phenoxy) is 1. The lowest BCUT2D eigenvalue weighted by Crippen LogP contribution is -2.40. The van der Waals surface area contributed by atoms with E-state index in [-0.39, 0.29) is 17.9 Å². The van der Waals surface area contributed by atoms with Crippen LogP contribution in [0, 0.1) is 11.7 Å². The molecule has 1 saturated heterocycles. The fourth-order valence-corrected chi connectivity index (χ4v) is 4.37. The summed E-state index contributed by atoms with van der Waals surface area (Å²) in [6.07, 6.45) is 3.60. The molecule has 1 N–H and O–H groups in total. The van der Waals surface area contributed by atoms with Crippen molar-refractivity contribution >= 4 is 5.91 Å². The minimum atomic E-state index is -0.420. The molecule has 0 saturated carbocycles. The van der Waals surface area contributed by atoms with Crippen LogP contribution in [0.1, 0.15) is 40.5 Å². The van der Waals surface area contributed by atoms with Gasteiger partial charge in [0.2, 0.25) is 0 Å². The molecule has 1 fully saturated rings. The zero-order chi connectivity index (χ0) is 22.3. The molecule has 3 aromatic rings. The number of nitrogens with zero attached hydrogens (tertiary/aromatic N) is 2. The van der Waals surface area contributed by atoms with E-state index < -0.39 is 5.82 Å². The van der Waals surface area contributed by atoms with E-state index >= 15 is 0 Å². The minimum absolute atomic E-state index is 0.222. The zero-order valence-electron chi connectivity index (χ0n) is 18.2. The number of aromatic nitrogens is 1. The van der Waals surface area contributed by atoms with Gasteiger partial charge in [-0.05, 0) is 68.2 Å². The molecule has 1 aromatic heterocycles. The van der Waals surface area contributed by atoms with Crippen molar-refractivity contribution in [3.63, 3.8) is 0 Å². The number of pyridine rings is 1. The van der Waals surface area contributed by atoms with Gasteiger partial charge >= 0.3 is 0 Å². The highest BCUT2D eigenvalue weighted by Gasteiger charge is 2.30. The number of likely N-dealkylation sites (tertiary alicyclic amines) is 1. The van der Waals surface area contributed by atoms with Gasteiger partial charge in [-0.25, -0.2) is 4.39 Å². The van der Waals surface area contributed by atoms with E-state index in [4.69, 9.17) is 4.74 Å². The largest absolute Gasteiger partial charge is 0.496 e. The van der Waals surface area contributed by atoms with Crippen LogP contribution in [-0.2, 0) is 6.54 Å². The molecule has 32 heavy (non-hydrogen) atoms. The number of hydrogen-bond acceptors (Lipinski definition) is 4. The van der Waals surface area contributed by atoms with Gasteiger partial charge in [-0.2, -0.15) is 0 Å². The maximum atomic E-state index is 13.6. The summed E-state index contributed by atoms with van der Waals surface area (Å²) < 4.78 is 19.1. The summed E-state index contributed by atoms with van der Waals surface area (Å²) in [5, 5.41) is 3.12. The Bertz CT molecular complexity index is 1040. The van der Waals surface area contributed by atoms with E-state index in [9.17, 15) is 9.18 Å². The first-order valence-electron chi connectivity index (χ1n) is 11.0. The Balaban J connectivity index is 1.45. The maximum absolute atomic E-state index is 13.6. The topological polar surface area (TPSA) is 54.5 Å². The fourth-order valence-electron chi connectivity index (χ4n) is 4.37. The predicted molar refractivity (Wildman–Crippen MR) is 122 cm³/mol. The van der Waals surface area contributed by atoms with Crippen molar-refractivity contribution in [1.29, 1.82) is 0 Å². The quantitative estimate of drug-likeness (QED) is 0.591. The van der Waals surface area contributed by atoms with Crippen LogP contribution in [-0.4, -0.2) is 36.0 Å². The van der Waals surface area contributed by atoms with Crippen molar-refractivity contribution in [3.8, 4) is 5.75 Å². The summed E-state index contributed by atoms with van der Waals surface area (Å²) in [5.41, 5.74) is 2.33. The van der Waals surface area contributed by atoms with Crippen molar-refractivity contribution in [3.05, 3.63) is 95.6 Å². The van der Waals surface area contributed by atoms with E-state index in [1.807, 2.05) is 36.4 Å². The average Bonchev–Trinajstić information content (AvgIpc) is 2.84. The van der Waals surface area contributed by atoms with Gasteiger partial charge in [0, 0.05) is 23.9 Å². The Labute approximate surface area is 188 Å². The van der Waals surface area contributed by atoms with Gasteiger partial charge < -0.3 is 10.1 Å². The predicted octanol–water partition coefficient (Wildman–Crippen LogP) is 4.61. The Kier molecular flexibility index (Phi) is 7.12. The van der Waals surface area contributed by atoms with E-state index in [2.05, 4.69) is 21.3 Å². The van der Waals surface area contributed by atoms with Gasteiger partial charge in [-0.3, -0.25) is 14.7 Å². The Morgan fingerprint density at radius 3 is 2.62 bits per heavy atom. The molecule has 6 heteroatoms. The second kappa shape index (κ2) is 10.4. The number of carbonyl (C=O) groups is 1. The van der Waals surface area contributed by atoms with Gasteiger partial charge in [0.1, 0.15) is 11.6 Å². The van der Waals surface area contributed by atoms with Crippen LogP contribution >= 0.6 is 0 Å². The van der Waals surface area contributed by atoms with Gasteiger partial charge in [0.05, 0.1) is 18.8 Å². The lowest BCUT2D eigenvalue weighted by Gasteiger charge is -2.36. The molecule has 1 atom stereocenters. The molecule has 1 amide bonds. The van der Waals surface area contributed by atoms with Crippen LogP contribution in [0.2, 0.25) is 0 Å². The first kappa shape index (κ1) is 22.0. The molecular weight excluding hydrogens is 405 g/mol. The van der Waals surface area contributed by atoms with Crippen LogP contribution in [0.4, 0.5) is 4.39 Å². The van der Waals surface area contributed by atoms with Gasteiger partial charge in [0.15, 0.2) is 0 Å². The van der Waals surface area contributed by atoms with Crippen LogP contribution in [0.15, 0.2) is 72.9 Å². The van der Waals surface area contributed by atoms with E-state index in [0.717, 1.165) is 43.9 Å². The molecule has 2 heterocycles. The molecule has 2 aromatic carbocycles. The van der Waals surface area contributed by atoms with Gasteiger partial charge in [0.25, 0.3) is 5.91 Å². The summed E-state index contributed by atoms with van der Waals surface area (Å²) in [7, 11) is 1.70. The number of hydrogen-bond donors (Lipinski definition) is 1. The summed E-state index contributed by atoms with van der Waals surface area (Å²) in [5.74, 6) is 0.452. The smallest absolute Gasteiger partial charge is 0.251 e. The summed E-state index contributed by atoms with van der Waals surface area (Å²) in [4.78, 5) is 19.8. The van der Waals surface area contributed by atoms with Crippen molar-refractivity contribution in [2.24, 2.45) is 5.92 Å². The molecule has 0 radical (unpaired) electrons. The van der Waals surface area contributed by atoms with Crippen molar-refractivity contribution < 1.29 is 13.9 Å². The van der Waals surface area contributed by atoms with E-state index in [1.54, 1.807) is 25.4 Å². The minimum Gasteiger partial charge on any atom is -0.496 e. The van der Waals surface area contributed by atoms with Crippen molar-refractivity contribution in [2.45, 2.75) is 25.4 Å². The lowest BCUT2D eigenvalue weighted by atomic mass is 9.87. The fraction of sp³-hybridized carbons (Fsp3) is 0.308. The highest BCUT2D eigenvalue weighted by molar-refractivity contribution is 5.94. The number of carbonyl (C=O) groups excluding carboxylic acids is 1. The molecule has 1 aliphatic rings. The van der Waals surface area contributed by atoms with E-state index in [1.165, 1.54) is 17.7 Å². The van der Waals surface area contributed by atoms with Crippen LogP contribution in [0.25, 0.3) is 0 Å². The third-order valence-corrected chi connectivity index (χ3v) is 6.07. The van der Waals surface area contributed by atoms with Crippen molar-refractivity contribution in [2.75, 3.05) is 20.2 Å². The van der Waals surface area contributed by atoms with Crippen LogP contribution in [0.5, 0.6) is 5.75 Å². The second-order valence-corrected chi connectivity index (χ2v) is 8.14. The highest BCUT2D eigenvalue weighted by Crippen LogP contribution is 2.31. The maximum Gasteiger partial charge on any atom is 0.251 e. The summed E-state index contributed by atoms with van der Waals surface area (Å²) >= 11 is 0. The molecule has 0 aliphatic carbocycles. The number of nitrogens with one attached hydrogen (secondary N) is 1. The number of para-hydroxylation sites is 1. The number of rotatable bonds is 7. The molecular formula is C26H28FN3O2. The number of halogens is 1. The second-order valence-electron chi connectivity index (χ2n) is 8.14. The molecule has 166 valence electrons. The normalized spacial score (nSPS) is 15.8. The number of piperidine rings is 1. The summed E-state index contributed by atoms with van der Waals surface area (Å²) in [6, 6.07) is 19.4. The molecule has 4 rings (SSSR count). The molecule has 1 aliphatic heterocycles. The Morgan fingerprint density at radius 2 is 1.91 bits per heavy atom. The monoisotopic (exact) mass is 433 g/mol. The van der Waals surface area contributed by atoms with Crippen LogP contribution < -0.4 is 10.1 Å². The molecule has 5 nitrogen and oxygen atoms in total. The third-order valence-electron chi connectivity index (χ3n) is 6.07. The standard InChI is InChI=1S/C26H28FN3O2/c1-32-24-11-3-2-7-21(24)18-30-15-12-19(13-16-30)25(23-10-4-5-14-28-23)29-26(31)20-8-6-9-22(27)17-20/h2-11,14,17,19,25H,12-13,15-16,18H2,1H3,(H,29,31)/t25-/m1/s1. The Morgan fingerprint density at radius 1 is 1.12 bits per heavy atom. The first-order valence-corrected chi connectivity index (χ1v) is 11.0. The number of amides is 1.